The molecule has 5 N–H and O–H groups in total. The van der Waals surface area contributed by atoms with Crippen molar-refractivity contribution in [3.63, 3.8) is 0 Å². The number of para-hydroxylation sites is 2. The molecule has 2 unspecified atom stereocenters. The van der Waals surface area contributed by atoms with Crippen molar-refractivity contribution in [2.75, 3.05) is 16.8 Å². The summed E-state index contributed by atoms with van der Waals surface area (Å²) in [5, 5.41) is 7.07. The van der Waals surface area contributed by atoms with Crippen LogP contribution in [0.3, 0.4) is 0 Å². The molecule has 8 nitrogen and oxygen atoms in total. The van der Waals surface area contributed by atoms with Crippen molar-refractivity contribution in [1.29, 1.82) is 0 Å². The fraction of sp³-hybridized carbons (Fsp3) is 0.353. The van der Waals surface area contributed by atoms with Gasteiger partial charge in [0.1, 0.15) is 11.9 Å². The Morgan fingerprint density at radius 3 is 2.84 bits per heavy atom. The number of piperidine rings is 1. The molecule has 1 saturated heterocycles. The number of H-pyrrole nitrogens is 1. The molecule has 1 aromatic heterocycles. The maximum absolute atomic E-state index is 11.9. The highest BCUT2D eigenvalue weighted by Gasteiger charge is 2.37. The van der Waals surface area contributed by atoms with E-state index in [0.29, 0.717) is 5.69 Å². The summed E-state index contributed by atoms with van der Waals surface area (Å²) < 4.78 is 0. The van der Waals surface area contributed by atoms with E-state index < -0.39 is 11.6 Å². The zero-order valence-electron chi connectivity index (χ0n) is 13.7. The minimum atomic E-state index is -0.686. The molecule has 130 valence electrons. The van der Waals surface area contributed by atoms with Crippen molar-refractivity contribution < 1.29 is 4.79 Å². The number of nitrogens with two attached hydrogens (primary N) is 1. The lowest BCUT2D eigenvalue weighted by molar-refractivity contribution is 0.0995. The number of rotatable bonds is 3. The third-order valence-electron chi connectivity index (χ3n) is 4.77. The molecule has 25 heavy (non-hydrogen) atoms. The lowest BCUT2D eigenvalue weighted by Crippen LogP contribution is -2.52. The molecular weight excluding hydrogens is 320 g/mol. The van der Waals surface area contributed by atoms with Gasteiger partial charge in [-0.2, -0.15) is 4.98 Å². The Bertz CT molecular complexity index is 858. The minimum Gasteiger partial charge on any atom is -0.364 e. The standard InChI is InChI=1S/C17H20N6O2/c18-15(24)14-13(9-20-17(25)22-14)23-12-7-2-1-5-10(12)21-16(23)11-6-3-4-8-19-11/h1-2,5,7,9,11,16,19,21H,3-4,6,8H2,(H2,18,24)(H,20,22,25). The van der Waals surface area contributed by atoms with Crippen LogP contribution >= 0.6 is 0 Å². The van der Waals surface area contributed by atoms with Crippen LogP contribution in [0.15, 0.2) is 35.3 Å². The van der Waals surface area contributed by atoms with E-state index in [1.54, 1.807) is 0 Å². The van der Waals surface area contributed by atoms with Crippen LogP contribution < -0.4 is 27.0 Å². The summed E-state index contributed by atoms with van der Waals surface area (Å²) in [6, 6.07) is 8.07. The van der Waals surface area contributed by atoms with Gasteiger partial charge in [-0.3, -0.25) is 9.78 Å². The first-order valence-electron chi connectivity index (χ1n) is 8.42. The number of primary amides is 1. The van der Waals surface area contributed by atoms with E-state index in [4.69, 9.17) is 5.73 Å². The van der Waals surface area contributed by atoms with E-state index in [-0.39, 0.29) is 17.9 Å². The van der Waals surface area contributed by atoms with E-state index in [1.165, 1.54) is 6.20 Å². The maximum atomic E-state index is 11.9. The number of hydrogen-bond donors (Lipinski definition) is 4. The summed E-state index contributed by atoms with van der Waals surface area (Å²) in [4.78, 5) is 31.7. The van der Waals surface area contributed by atoms with Gasteiger partial charge < -0.3 is 21.3 Å². The number of fused-ring (bicyclic) bond motifs is 1. The average Bonchev–Trinajstić information content (AvgIpc) is 3.02. The van der Waals surface area contributed by atoms with Crippen LogP contribution in [0.1, 0.15) is 29.8 Å². The van der Waals surface area contributed by atoms with E-state index in [9.17, 15) is 9.59 Å². The quantitative estimate of drug-likeness (QED) is 0.660. The smallest absolute Gasteiger partial charge is 0.345 e. The van der Waals surface area contributed by atoms with Gasteiger partial charge in [-0.05, 0) is 31.5 Å². The number of amides is 1. The summed E-state index contributed by atoms with van der Waals surface area (Å²) >= 11 is 0. The van der Waals surface area contributed by atoms with Crippen molar-refractivity contribution in [3.8, 4) is 0 Å². The highest BCUT2D eigenvalue weighted by atomic mass is 16.2. The Labute approximate surface area is 144 Å². The van der Waals surface area contributed by atoms with Crippen LogP contribution in [0, 0.1) is 0 Å². The molecule has 0 radical (unpaired) electrons. The van der Waals surface area contributed by atoms with Gasteiger partial charge in [0.15, 0.2) is 0 Å². The van der Waals surface area contributed by atoms with Gasteiger partial charge in [-0.1, -0.05) is 18.6 Å². The van der Waals surface area contributed by atoms with Gasteiger partial charge in [0.05, 0.1) is 23.3 Å². The predicted molar refractivity (Wildman–Crippen MR) is 95.0 cm³/mol. The highest BCUT2D eigenvalue weighted by Crippen LogP contribution is 2.42. The average molecular weight is 340 g/mol. The topological polar surface area (TPSA) is 116 Å². The molecular formula is C17H20N6O2. The van der Waals surface area contributed by atoms with Crippen molar-refractivity contribution in [1.82, 2.24) is 15.3 Å². The Morgan fingerprint density at radius 2 is 2.08 bits per heavy atom. The van der Waals surface area contributed by atoms with Gasteiger partial charge in [0.25, 0.3) is 5.91 Å². The third kappa shape index (κ3) is 2.74. The number of benzene rings is 1. The van der Waals surface area contributed by atoms with Crippen molar-refractivity contribution in [2.45, 2.75) is 31.5 Å². The molecule has 8 heteroatoms. The van der Waals surface area contributed by atoms with Crippen LogP contribution in [0.4, 0.5) is 17.1 Å². The second-order valence-electron chi connectivity index (χ2n) is 6.35. The molecule has 1 fully saturated rings. The number of aromatic nitrogens is 2. The largest absolute Gasteiger partial charge is 0.364 e. The maximum Gasteiger partial charge on any atom is 0.345 e. The second kappa shape index (κ2) is 6.21. The van der Waals surface area contributed by atoms with Gasteiger partial charge >= 0.3 is 5.69 Å². The fourth-order valence-electron chi connectivity index (χ4n) is 3.65. The van der Waals surface area contributed by atoms with Gasteiger partial charge in [0, 0.05) is 6.04 Å². The molecule has 1 aromatic carbocycles. The fourth-order valence-corrected chi connectivity index (χ4v) is 3.65. The lowest BCUT2D eigenvalue weighted by atomic mass is 10.0. The van der Waals surface area contributed by atoms with Crippen LogP contribution in [0.25, 0.3) is 0 Å². The van der Waals surface area contributed by atoms with Gasteiger partial charge in [-0.25, -0.2) is 4.79 Å². The van der Waals surface area contributed by atoms with E-state index >= 15 is 0 Å². The van der Waals surface area contributed by atoms with E-state index in [0.717, 1.165) is 37.2 Å². The first kappa shape index (κ1) is 15.6. The summed E-state index contributed by atoms with van der Waals surface area (Å²) in [6.45, 7) is 0.958. The SMILES string of the molecule is NC(=O)c1[nH]c(=O)ncc1N1c2ccccc2NC1C1CCCCN1. The van der Waals surface area contributed by atoms with Crippen molar-refractivity contribution in [3.05, 3.63) is 46.6 Å². The Kier molecular flexibility index (Phi) is 3.89. The number of nitrogens with zero attached hydrogens (tertiary/aromatic N) is 2. The summed E-state index contributed by atoms with van der Waals surface area (Å²) in [7, 11) is 0. The first-order valence-corrected chi connectivity index (χ1v) is 8.42. The molecule has 1 amide bonds. The van der Waals surface area contributed by atoms with Crippen LogP contribution in [0.2, 0.25) is 0 Å². The van der Waals surface area contributed by atoms with Crippen molar-refractivity contribution in [2.24, 2.45) is 5.73 Å². The molecule has 3 heterocycles. The third-order valence-corrected chi connectivity index (χ3v) is 4.77. The van der Waals surface area contributed by atoms with Crippen LogP contribution in [-0.2, 0) is 0 Å². The normalized spacial score (nSPS) is 22.3. The predicted octanol–water partition coefficient (Wildman–Crippen LogP) is 0.901. The number of anilines is 3. The number of carbonyl (C=O) groups is 1. The highest BCUT2D eigenvalue weighted by molar-refractivity contribution is 5.98. The number of aromatic amines is 1. The molecule has 4 rings (SSSR count). The minimum absolute atomic E-state index is 0.0688. The molecule has 2 atom stereocenters. The van der Waals surface area contributed by atoms with E-state index in [1.807, 2.05) is 29.2 Å². The Balaban J connectivity index is 1.83. The zero-order chi connectivity index (χ0) is 17.4. The molecule has 2 aromatic rings. The van der Waals surface area contributed by atoms with Gasteiger partial charge in [-0.15, -0.1) is 0 Å². The first-order chi connectivity index (χ1) is 12.1. The second-order valence-corrected chi connectivity index (χ2v) is 6.35. The van der Waals surface area contributed by atoms with Crippen molar-refractivity contribution >= 4 is 23.0 Å². The molecule has 0 spiro atoms. The van der Waals surface area contributed by atoms with Gasteiger partial charge in [0.2, 0.25) is 0 Å². The van der Waals surface area contributed by atoms with Crippen LogP contribution in [-0.4, -0.2) is 34.6 Å². The Hall–Kier alpha value is -2.87. The summed E-state index contributed by atoms with van der Waals surface area (Å²) in [5.41, 5.74) is 7.37. The van der Waals surface area contributed by atoms with E-state index in [2.05, 4.69) is 20.6 Å². The molecule has 2 aliphatic rings. The van der Waals surface area contributed by atoms with Crippen LogP contribution in [0.5, 0.6) is 0 Å². The molecule has 0 saturated carbocycles. The molecule has 0 aliphatic carbocycles. The zero-order valence-corrected chi connectivity index (χ0v) is 13.7. The summed E-state index contributed by atoms with van der Waals surface area (Å²) in [6.07, 6.45) is 4.64. The summed E-state index contributed by atoms with van der Waals surface area (Å²) in [5.74, 6) is -0.686. The number of nitrogens with one attached hydrogen (secondary N) is 3. The Morgan fingerprint density at radius 1 is 1.24 bits per heavy atom. The molecule has 2 aliphatic heterocycles. The number of carbonyl (C=O) groups excluding carboxylic acids is 1. The number of hydrogen-bond acceptors (Lipinski definition) is 6. The molecule has 0 bridgehead atoms. The monoisotopic (exact) mass is 340 g/mol. The lowest BCUT2D eigenvalue weighted by Gasteiger charge is -2.36.